The maximum Gasteiger partial charge on any atom is 0.249 e. The van der Waals surface area contributed by atoms with Gasteiger partial charge < -0.3 is 15.2 Å². The highest BCUT2D eigenvalue weighted by molar-refractivity contribution is 6.36. The summed E-state index contributed by atoms with van der Waals surface area (Å²) in [5, 5.41) is 4.44. The number of halogens is 1. The van der Waals surface area contributed by atoms with E-state index in [1.807, 2.05) is 75.4 Å². The third-order valence-electron chi connectivity index (χ3n) is 6.30. The molecule has 2 N–H and O–H groups in total. The predicted molar refractivity (Wildman–Crippen MR) is 141 cm³/mol. The summed E-state index contributed by atoms with van der Waals surface area (Å²) in [7, 11) is 1.70. The lowest BCUT2D eigenvalue weighted by atomic mass is 10.0. The number of nitrogens with zero attached hydrogens (tertiary/aromatic N) is 2. The minimum Gasteiger partial charge on any atom is -0.358 e. The highest BCUT2D eigenvalue weighted by atomic mass is 35.5. The van der Waals surface area contributed by atoms with Crippen molar-refractivity contribution in [2.75, 3.05) is 11.9 Å². The number of aryl methyl sites for hydroxylation is 3. The maximum atomic E-state index is 13.5. The van der Waals surface area contributed by atoms with Crippen molar-refractivity contribution in [3.8, 4) is 0 Å². The second-order valence-electron chi connectivity index (χ2n) is 8.88. The molecule has 0 aliphatic rings. The van der Waals surface area contributed by atoms with Crippen LogP contribution in [0, 0.1) is 20.8 Å². The van der Waals surface area contributed by atoms with E-state index in [-0.39, 0.29) is 18.2 Å². The zero-order chi connectivity index (χ0) is 25.1. The van der Waals surface area contributed by atoms with Gasteiger partial charge in [0.25, 0.3) is 0 Å². The molecule has 4 aromatic rings. The number of hydrogen-bond acceptors (Lipinski definition) is 3. The largest absolute Gasteiger partial charge is 0.358 e. The van der Waals surface area contributed by atoms with Crippen LogP contribution in [0.2, 0.25) is 5.02 Å². The summed E-state index contributed by atoms with van der Waals surface area (Å²) in [4.78, 5) is 36.0. The lowest BCUT2D eigenvalue weighted by Gasteiger charge is -2.25. The molecule has 2 heterocycles. The number of H-pyrrole nitrogens is 1. The third-order valence-corrected chi connectivity index (χ3v) is 6.61. The predicted octanol–water partition coefficient (Wildman–Crippen LogP) is 5.07. The van der Waals surface area contributed by atoms with Gasteiger partial charge in [-0.25, -0.2) is 0 Å². The van der Waals surface area contributed by atoms with Crippen LogP contribution in [0.4, 0.5) is 5.69 Å². The molecular weight excluding hydrogens is 460 g/mol. The SMILES string of the molecule is Cc1ccc(N(C)C(=O)[C@H](Cc2ccccc2)NC(=O)Cc2c(C)[nH]c3c(C)ccc(Cl)c23)cn1. The van der Waals surface area contributed by atoms with Gasteiger partial charge in [-0.2, -0.15) is 0 Å². The van der Waals surface area contributed by atoms with E-state index in [0.717, 1.165) is 39.0 Å². The van der Waals surface area contributed by atoms with Gasteiger partial charge in [0, 0.05) is 30.2 Å². The lowest BCUT2D eigenvalue weighted by molar-refractivity contribution is -0.127. The van der Waals surface area contributed by atoms with Crippen molar-refractivity contribution in [3.05, 3.63) is 93.9 Å². The van der Waals surface area contributed by atoms with Crippen molar-refractivity contribution in [3.63, 3.8) is 0 Å². The Morgan fingerprint density at radius 2 is 1.80 bits per heavy atom. The number of rotatable bonds is 7. The molecule has 0 aliphatic heterocycles. The number of aromatic amines is 1. The van der Waals surface area contributed by atoms with Crippen LogP contribution in [0.5, 0.6) is 0 Å². The molecule has 2 aromatic carbocycles. The molecule has 0 saturated heterocycles. The van der Waals surface area contributed by atoms with Gasteiger partial charge in [-0.15, -0.1) is 0 Å². The van der Waals surface area contributed by atoms with Crippen molar-refractivity contribution in [2.45, 2.75) is 39.7 Å². The second kappa shape index (κ2) is 10.3. The van der Waals surface area contributed by atoms with Crippen molar-refractivity contribution in [2.24, 2.45) is 0 Å². The second-order valence-corrected chi connectivity index (χ2v) is 9.29. The number of amides is 2. The van der Waals surface area contributed by atoms with E-state index < -0.39 is 6.04 Å². The fourth-order valence-electron chi connectivity index (χ4n) is 4.28. The summed E-state index contributed by atoms with van der Waals surface area (Å²) >= 11 is 6.50. The smallest absolute Gasteiger partial charge is 0.249 e. The van der Waals surface area contributed by atoms with Gasteiger partial charge in [-0.05, 0) is 55.7 Å². The van der Waals surface area contributed by atoms with Gasteiger partial charge in [0.2, 0.25) is 11.8 Å². The van der Waals surface area contributed by atoms with E-state index in [1.165, 1.54) is 4.90 Å². The number of carbonyl (C=O) groups excluding carboxylic acids is 2. The summed E-state index contributed by atoms with van der Waals surface area (Å²) < 4.78 is 0. The Morgan fingerprint density at radius 1 is 1.06 bits per heavy atom. The molecule has 35 heavy (non-hydrogen) atoms. The standard InChI is InChI=1S/C28H29ClN4O2/c1-17-10-13-23(29)26-22(19(3)31-27(17)26)15-25(34)32-24(14-20-8-6-5-7-9-20)28(35)33(4)21-12-11-18(2)30-16-21/h5-13,16,24,31H,14-15H2,1-4H3,(H,32,34)/t24-/m0/s1. The lowest BCUT2D eigenvalue weighted by Crippen LogP contribution is -2.49. The quantitative estimate of drug-likeness (QED) is 0.381. The molecule has 7 heteroatoms. The highest BCUT2D eigenvalue weighted by Crippen LogP contribution is 2.31. The Kier molecular flexibility index (Phi) is 7.22. The molecule has 0 spiro atoms. The number of nitrogens with one attached hydrogen (secondary N) is 2. The van der Waals surface area contributed by atoms with Crippen LogP contribution in [0.3, 0.4) is 0 Å². The van der Waals surface area contributed by atoms with E-state index in [4.69, 9.17) is 11.6 Å². The van der Waals surface area contributed by atoms with Gasteiger partial charge in [-0.3, -0.25) is 14.6 Å². The summed E-state index contributed by atoms with van der Waals surface area (Å²) in [6, 6.07) is 16.4. The van der Waals surface area contributed by atoms with Gasteiger partial charge in [0.1, 0.15) is 6.04 Å². The summed E-state index contributed by atoms with van der Waals surface area (Å²) in [6.07, 6.45) is 2.15. The normalized spacial score (nSPS) is 11.9. The van der Waals surface area contributed by atoms with Crippen LogP contribution in [0.15, 0.2) is 60.8 Å². The minimum atomic E-state index is -0.737. The molecule has 180 valence electrons. The first-order valence-corrected chi connectivity index (χ1v) is 11.9. The summed E-state index contributed by atoms with van der Waals surface area (Å²) in [5.74, 6) is -0.450. The molecular formula is C28H29ClN4O2. The van der Waals surface area contributed by atoms with Crippen LogP contribution < -0.4 is 10.2 Å². The fraction of sp³-hybridized carbons (Fsp3) is 0.250. The van der Waals surface area contributed by atoms with E-state index in [2.05, 4.69) is 15.3 Å². The zero-order valence-corrected chi connectivity index (χ0v) is 21.1. The number of pyridine rings is 1. The van der Waals surface area contributed by atoms with Crippen molar-refractivity contribution < 1.29 is 9.59 Å². The first kappa shape index (κ1) is 24.5. The van der Waals surface area contributed by atoms with Crippen LogP contribution >= 0.6 is 11.6 Å². The Balaban J connectivity index is 1.59. The molecule has 6 nitrogen and oxygen atoms in total. The monoisotopic (exact) mass is 488 g/mol. The van der Waals surface area contributed by atoms with Crippen molar-refractivity contribution in [1.82, 2.24) is 15.3 Å². The molecule has 4 rings (SSSR count). The molecule has 0 unspecified atom stereocenters. The topological polar surface area (TPSA) is 78.1 Å². The molecule has 2 amide bonds. The zero-order valence-electron chi connectivity index (χ0n) is 20.4. The number of benzene rings is 2. The fourth-order valence-corrected chi connectivity index (χ4v) is 4.56. The molecule has 0 fully saturated rings. The first-order chi connectivity index (χ1) is 16.7. The maximum absolute atomic E-state index is 13.5. The Bertz CT molecular complexity index is 1360. The van der Waals surface area contributed by atoms with Crippen LogP contribution in [0.1, 0.15) is 28.1 Å². The summed E-state index contributed by atoms with van der Waals surface area (Å²) in [6.45, 7) is 5.83. The number of fused-ring (bicyclic) bond motifs is 1. The molecule has 0 radical (unpaired) electrons. The van der Waals surface area contributed by atoms with Crippen molar-refractivity contribution in [1.29, 1.82) is 0 Å². The van der Waals surface area contributed by atoms with E-state index in [0.29, 0.717) is 17.1 Å². The Morgan fingerprint density at radius 3 is 2.49 bits per heavy atom. The van der Waals surface area contributed by atoms with Crippen LogP contribution in [-0.4, -0.2) is 34.9 Å². The average Bonchev–Trinajstić information content (AvgIpc) is 3.18. The Hall–Kier alpha value is -3.64. The summed E-state index contributed by atoms with van der Waals surface area (Å²) in [5.41, 5.74) is 6.22. The molecule has 0 aliphatic carbocycles. The van der Waals surface area contributed by atoms with Gasteiger partial charge in [-0.1, -0.05) is 48.0 Å². The first-order valence-electron chi connectivity index (χ1n) is 11.5. The average molecular weight is 489 g/mol. The number of hydrogen-bond donors (Lipinski definition) is 2. The Labute approximate surface area is 210 Å². The third kappa shape index (κ3) is 5.38. The van der Waals surface area contributed by atoms with Gasteiger partial charge >= 0.3 is 0 Å². The van der Waals surface area contributed by atoms with Crippen LogP contribution in [0.25, 0.3) is 10.9 Å². The van der Waals surface area contributed by atoms with Gasteiger partial charge in [0.15, 0.2) is 0 Å². The minimum absolute atomic E-state index is 0.114. The number of likely N-dealkylation sites (N-methyl/N-ethyl adjacent to an activating group) is 1. The van der Waals surface area contributed by atoms with Crippen molar-refractivity contribution >= 4 is 40.0 Å². The van der Waals surface area contributed by atoms with E-state index >= 15 is 0 Å². The molecule has 0 saturated carbocycles. The molecule has 2 aromatic heterocycles. The molecule has 0 bridgehead atoms. The number of aromatic nitrogens is 2. The van der Waals surface area contributed by atoms with Gasteiger partial charge in [0.05, 0.1) is 28.8 Å². The molecule has 1 atom stereocenters. The highest BCUT2D eigenvalue weighted by Gasteiger charge is 2.26. The number of carbonyl (C=O) groups is 2. The van der Waals surface area contributed by atoms with E-state index in [9.17, 15) is 9.59 Å². The number of anilines is 1. The van der Waals surface area contributed by atoms with E-state index in [1.54, 1.807) is 13.2 Å². The van der Waals surface area contributed by atoms with Crippen LogP contribution in [-0.2, 0) is 22.4 Å².